The number of nitrogens with one attached hydrogen (secondary N) is 1. The molecule has 12 heteroatoms. The number of carbonyl (C=O) groups excluding carboxylic acids is 1. The summed E-state index contributed by atoms with van der Waals surface area (Å²) in [6.45, 7) is 0. The lowest BCUT2D eigenvalue weighted by molar-refractivity contribution is 0.0607. The lowest BCUT2D eigenvalue weighted by atomic mass is 10.3. The number of methoxy groups -OCH3 is 1. The number of sulfonamides is 1. The number of aromatic nitrogens is 2. The average Bonchev–Trinajstić information content (AvgIpc) is 3.24. The number of thiophene rings is 1. The molecular weight excluding hydrogens is 416 g/mol. The second kappa shape index (κ2) is 7.20. The van der Waals surface area contributed by atoms with Crippen LogP contribution in [-0.4, -0.2) is 36.5 Å². The molecule has 0 atom stereocenters. The van der Waals surface area contributed by atoms with Crippen molar-refractivity contribution in [3.63, 3.8) is 0 Å². The Balaban J connectivity index is 2.16. The number of thioether (sulfide) groups is 1. The minimum absolute atomic E-state index is 0.0144. The third-order valence-corrected chi connectivity index (χ3v) is 7.53. The summed E-state index contributed by atoms with van der Waals surface area (Å²) in [7, 11) is -2.92. The summed E-state index contributed by atoms with van der Waals surface area (Å²) < 4.78 is 41.4. The van der Waals surface area contributed by atoms with E-state index in [4.69, 9.17) is 4.74 Å². The molecule has 0 aliphatic rings. The number of benzene rings is 1. The molecule has 0 bridgehead atoms. The Morgan fingerprint density at radius 2 is 2.15 bits per heavy atom. The normalized spacial score (nSPS) is 11.3. The number of hydrogen-bond acceptors (Lipinski definition) is 10. The Hall–Kier alpha value is -2.20. The van der Waals surface area contributed by atoms with Crippen molar-refractivity contribution in [3.8, 4) is 6.07 Å². The van der Waals surface area contributed by atoms with Gasteiger partial charge in [0, 0.05) is 0 Å². The molecule has 0 unspecified atom stereocenters. The van der Waals surface area contributed by atoms with E-state index >= 15 is 0 Å². The van der Waals surface area contributed by atoms with Gasteiger partial charge in [0.2, 0.25) is 0 Å². The van der Waals surface area contributed by atoms with Crippen molar-refractivity contribution in [1.29, 1.82) is 5.26 Å². The molecule has 0 saturated heterocycles. The van der Waals surface area contributed by atoms with Gasteiger partial charge >= 0.3 is 5.97 Å². The first-order valence-electron chi connectivity index (χ1n) is 6.86. The maximum atomic E-state index is 12.9. The molecule has 0 radical (unpaired) electrons. The number of hydrogen-bond donors (Lipinski definition) is 1. The zero-order chi connectivity index (χ0) is 18.9. The molecule has 3 rings (SSSR count). The van der Waals surface area contributed by atoms with Crippen LogP contribution in [0.1, 0.15) is 15.2 Å². The maximum absolute atomic E-state index is 12.9. The Bertz CT molecular complexity index is 1140. The van der Waals surface area contributed by atoms with Gasteiger partial charge in [0.1, 0.15) is 32.4 Å². The number of nitrogens with zero attached hydrogens (tertiary/aromatic N) is 3. The minimum atomic E-state index is -4.11. The van der Waals surface area contributed by atoms with Gasteiger partial charge in [-0.25, -0.2) is 13.2 Å². The SMILES string of the molecule is COC(=O)c1sc(SC)c(C#N)c1NS(=O)(=O)c1cccc2nsnc12. The maximum Gasteiger partial charge on any atom is 0.350 e. The molecule has 0 saturated carbocycles. The number of anilines is 1. The van der Waals surface area contributed by atoms with Gasteiger partial charge in [0.05, 0.1) is 28.7 Å². The first-order valence-corrected chi connectivity index (χ1v) is 11.1. The van der Waals surface area contributed by atoms with Gasteiger partial charge in [-0.1, -0.05) is 6.07 Å². The predicted octanol–water partition coefficient (Wildman–Crippen LogP) is 2.93. The van der Waals surface area contributed by atoms with Gasteiger partial charge < -0.3 is 4.74 Å². The molecule has 26 heavy (non-hydrogen) atoms. The molecular formula is C14H10N4O4S4. The zero-order valence-electron chi connectivity index (χ0n) is 13.3. The van der Waals surface area contributed by atoms with Crippen LogP contribution in [0.4, 0.5) is 5.69 Å². The van der Waals surface area contributed by atoms with Crippen LogP contribution in [0.2, 0.25) is 0 Å². The predicted molar refractivity (Wildman–Crippen MR) is 100 cm³/mol. The van der Waals surface area contributed by atoms with E-state index in [0.29, 0.717) is 9.73 Å². The number of carbonyl (C=O) groups is 1. The molecule has 2 aromatic heterocycles. The summed E-state index contributed by atoms with van der Waals surface area (Å²) in [6, 6.07) is 6.53. The van der Waals surface area contributed by atoms with Crippen LogP contribution in [0, 0.1) is 11.3 Å². The van der Waals surface area contributed by atoms with Crippen LogP contribution >= 0.6 is 34.8 Å². The summed E-state index contributed by atoms with van der Waals surface area (Å²) in [5.74, 6) is -0.724. The standard InChI is InChI=1S/C14H10N4O4S4/c1-22-13(19)12-10(7(6-15)14(23-2)24-12)18-26(20,21)9-5-3-4-8-11(9)17-25-16-8/h3-5,18H,1-2H3. The van der Waals surface area contributed by atoms with Crippen LogP contribution in [0.5, 0.6) is 0 Å². The summed E-state index contributed by atoms with van der Waals surface area (Å²) in [4.78, 5) is 12.0. The van der Waals surface area contributed by atoms with E-state index in [1.54, 1.807) is 18.4 Å². The Morgan fingerprint density at radius 3 is 2.81 bits per heavy atom. The second-order valence-corrected chi connectivity index (χ2v) is 9.04. The van der Waals surface area contributed by atoms with Gasteiger partial charge in [0.15, 0.2) is 0 Å². The number of ether oxygens (including phenoxy) is 1. The van der Waals surface area contributed by atoms with Crippen molar-refractivity contribution in [2.45, 2.75) is 9.10 Å². The van der Waals surface area contributed by atoms with Gasteiger partial charge in [-0.3, -0.25) is 4.72 Å². The first kappa shape index (κ1) is 18.6. The largest absolute Gasteiger partial charge is 0.465 e. The van der Waals surface area contributed by atoms with Crippen molar-refractivity contribution in [1.82, 2.24) is 8.75 Å². The van der Waals surface area contributed by atoms with E-state index in [-0.39, 0.29) is 26.5 Å². The number of rotatable bonds is 5. The van der Waals surface area contributed by atoms with Crippen molar-refractivity contribution < 1.29 is 17.9 Å². The smallest absolute Gasteiger partial charge is 0.350 e. The monoisotopic (exact) mass is 426 g/mol. The van der Waals surface area contributed by atoms with Gasteiger partial charge in [-0.05, 0) is 18.4 Å². The number of fused-ring (bicyclic) bond motifs is 1. The summed E-state index contributed by atoms with van der Waals surface area (Å²) >= 11 is 3.14. The van der Waals surface area contributed by atoms with E-state index in [1.807, 2.05) is 6.07 Å². The lowest BCUT2D eigenvalue weighted by Gasteiger charge is -2.09. The van der Waals surface area contributed by atoms with Crippen molar-refractivity contribution >= 4 is 67.5 Å². The van der Waals surface area contributed by atoms with E-state index < -0.39 is 16.0 Å². The topological polar surface area (TPSA) is 122 Å². The highest BCUT2D eigenvalue weighted by Gasteiger charge is 2.28. The Kier molecular flexibility index (Phi) is 5.15. The second-order valence-electron chi connectivity index (χ2n) is 4.77. The third-order valence-electron chi connectivity index (χ3n) is 3.32. The van der Waals surface area contributed by atoms with Crippen molar-refractivity contribution in [2.75, 3.05) is 18.1 Å². The molecule has 0 aliphatic carbocycles. The fraction of sp³-hybridized carbons (Fsp3) is 0.143. The molecule has 0 fully saturated rings. The summed E-state index contributed by atoms with van der Waals surface area (Å²) in [5.41, 5.74) is 0.661. The van der Waals surface area contributed by atoms with Gasteiger partial charge in [-0.2, -0.15) is 14.0 Å². The molecule has 0 aliphatic heterocycles. The van der Waals surface area contributed by atoms with E-state index in [9.17, 15) is 18.5 Å². The zero-order valence-corrected chi connectivity index (χ0v) is 16.6. The summed E-state index contributed by atoms with van der Waals surface area (Å²) in [5, 5.41) is 9.44. The highest BCUT2D eigenvalue weighted by Crippen LogP contribution is 2.40. The van der Waals surface area contributed by atoms with E-state index in [0.717, 1.165) is 23.1 Å². The van der Waals surface area contributed by atoms with Crippen LogP contribution in [0.3, 0.4) is 0 Å². The Labute approximate surface area is 161 Å². The van der Waals surface area contributed by atoms with Crippen molar-refractivity contribution in [3.05, 3.63) is 28.6 Å². The molecule has 0 spiro atoms. The lowest BCUT2D eigenvalue weighted by Crippen LogP contribution is -2.16. The minimum Gasteiger partial charge on any atom is -0.465 e. The number of esters is 1. The molecule has 1 N–H and O–H groups in total. The van der Waals surface area contributed by atoms with Crippen molar-refractivity contribution in [2.24, 2.45) is 0 Å². The quantitative estimate of drug-likeness (QED) is 0.488. The molecule has 0 amide bonds. The average molecular weight is 427 g/mol. The van der Waals surface area contributed by atoms with E-state index in [2.05, 4.69) is 13.5 Å². The van der Waals surface area contributed by atoms with E-state index in [1.165, 1.54) is 24.9 Å². The van der Waals surface area contributed by atoms with Crippen LogP contribution in [0.25, 0.3) is 11.0 Å². The highest BCUT2D eigenvalue weighted by atomic mass is 32.2. The van der Waals surface area contributed by atoms with Crippen LogP contribution < -0.4 is 4.72 Å². The van der Waals surface area contributed by atoms with Gasteiger partial charge in [0.25, 0.3) is 10.0 Å². The van der Waals surface area contributed by atoms with Gasteiger partial charge in [-0.15, -0.1) is 23.1 Å². The fourth-order valence-corrected chi connectivity index (χ4v) is 5.89. The van der Waals surface area contributed by atoms with Crippen LogP contribution in [-0.2, 0) is 14.8 Å². The third kappa shape index (κ3) is 3.14. The van der Waals surface area contributed by atoms with Crippen LogP contribution in [0.15, 0.2) is 27.3 Å². The number of nitriles is 1. The molecule has 134 valence electrons. The fourth-order valence-electron chi connectivity index (χ4n) is 2.18. The highest BCUT2D eigenvalue weighted by molar-refractivity contribution is 8.00. The molecule has 8 nitrogen and oxygen atoms in total. The first-order chi connectivity index (χ1) is 12.4. The molecule has 1 aromatic carbocycles. The summed E-state index contributed by atoms with van der Waals surface area (Å²) in [6.07, 6.45) is 1.73. The Morgan fingerprint density at radius 1 is 1.38 bits per heavy atom. The molecule has 3 aromatic rings. The molecule has 2 heterocycles.